The van der Waals surface area contributed by atoms with E-state index in [1.54, 1.807) is 12.3 Å². The number of halogens is 1. The first-order valence-corrected chi connectivity index (χ1v) is 4.35. The van der Waals surface area contributed by atoms with E-state index in [4.69, 9.17) is 5.84 Å². The number of pyridine rings is 1. The van der Waals surface area contributed by atoms with Crippen LogP contribution in [-0.2, 0) is 0 Å². The number of hydrogen-bond acceptors (Lipinski definition) is 3. The molecule has 0 fully saturated rings. The highest BCUT2D eigenvalue weighted by Gasteiger charge is 2.10. The summed E-state index contributed by atoms with van der Waals surface area (Å²) >= 11 is 0. The average molecular weight is 195 g/mol. The first-order chi connectivity index (χ1) is 6.65. The molecule has 3 nitrogen and oxygen atoms in total. The van der Waals surface area contributed by atoms with Crippen molar-refractivity contribution in [1.82, 2.24) is 10.4 Å². The van der Waals surface area contributed by atoms with Crippen molar-refractivity contribution in [3.05, 3.63) is 41.5 Å². The highest BCUT2D eigenvalue weighted by Crippen LogP contribution is 2.17. The van der Waals surface area contributed by atoms with Crippen LogP contribution >= 0.6 is 0 Å². The molecule has 1 unspecified atom stereocenters. The molecule has 1 rings (SSSR count). The summed E-state index contributed by atoms with van der Waals surface area (Å²) in [6.45, 7) is 3.87. The first-order valence-electron chi connectivity index (χ1n) is 4.35. The minimum atomic E-state index is -0.354. The minimum Gasteiger partial charge on any atom is -0.271 e. The van der Waals surface area contributed by atoms with Crippen molar-refractivity contribution in [3.63, 3.8) is 0 Å². The summed E-state index contributed by atoms with van der Waals surface area (Å²) in [6.07, 6.45) is 4.58. The molecule has 0 bridgehead atoms. The number of nitrogens with zero attached hydrogens (tertiary/aromatic N) is 1. The van der Waals surface area contributed by atoms with Gasteiger partial charge >= 0.3 is 0 Å². The van der Waals surface area contributed by atoms with Crippen LogP contribution in [0.15, 0.2) is 30.1 Å². The molecule has 0 radical (unpaired) electrons. The van der Waals surface area contributed by atoms with Crippen molar-refractivity contribution >= 4 is 0 Å². The number of aromatic nitrogens is 1. The number of nitrogens with one attached hydrogen (secondary N) is 1. The van der Waals surface area contributed by atoms with Crippen LogP contribution in [0.25, 0.3) is 0 Å². The maximum absolute atomic E-state index is 13.3. The molecule has 0 saturated carbocycles. The Balaban J connectivity index is 3.01. The molecule has 76 valence electrons. The predicted molar refractivity (Wildman–Crippen MR) is 53.7 cm³/mol. The van der Waals surface area contributed by atoms with Gasteiger partial charge in [0.1, 0.15) is 5.82 Å². The predicted octanol–water partition coefficient (Wildman–Crippen LogP) is 1.69. The van der Waals surface area contributed by atoms with Crippen molar-refractivity contribution in [3.8, 4) is 0 Å². The molecule has 1 aromatic rings. The molecule has 3 N–H and O–H groups in total. The third-order valence-corrected chi connectivity index (χ3v) is 1.82. The zero-order valence-corrected chi connectivity index (χ0v) is 8.29. The van der Waals surface area contributed by atoms with Gasteiger partial charge in [-0.15, -0.1) is 0 Å². The summed E-state index contributed by atoms with van der Waals surface area (Å²) in [4.78, 5) is 3.68. The van der Waals surface area contributed by atoms with E-state index in [0.29, 0.717) is 5.56 Å². The van der Waals surface area contributed by atoms with E-state index in [0.717, 1.165) is 5.57 Å². The lowest BCUT2D eigenvalue weighted by molar-refractivity contribution is 0.562. The fourth-order valence-electron chi connectivity index (χ4n) is 1.20. The lowest BCUT2D eigenvalue weighted by Gasteiger charge is -2.12. The topological polar surface area (TPSA) is 50.9 Å². The van der Waals surface area contributed by atoms with E-state index >= 15 is 0 Å². The van der Waals surface area contributed by atoms with Crippen LogP contribution in [0.2, 0.25) is 0 Å². The fraction of sp³-hybridized carbons (Fsp3) is 0.300. The SMILES string of the molecule is CC(C)=CC(NN)c1ccncc1F. The molecular formula is C10H14FN3. The van der Waals surface area contributed by atoms with Gasteiger partial charge < -0.3 is 0 Å². The third kappa shape index (κ3) is 2.61. The molecule has 0 aliphatic rings. The summed E-state index contributed by atoms with van der Waals surface area (Å²) in [6, 6.07) is 1.31. The van der Waals surface area contributed by atoms with Gasteiger partial charge in [0, 0.05) is 11.8 Å². The first kappa shape index (κ1) is 10.8. The van der Waals surface area contributed by atoms with Crippen LogP contribution < -0.4 is 11.3 Å². The molecule has 14 heavy (non-hydrogen) atoms. The Morgan fingerprint density at radius 3 is 2.86 bits per heavy atom. The second kappa shape index (κ2) is 4.83. The van der Waals surface area contributed by atoms with Gasteiger partial charge in [-0.2, -0.15) is 0 Å². The Morgan fingerprint density at radius 2 is 2.36 bits per heavy atom. The normalized spacial score (nSPS) is 12.3. The van der Waals surface area contributed by atoms with Crippen LogP contribution in [0.3, 0.4) is 0 Å². The fourth-order valence-corrected chi connectivity index (χ4v) is 1.20. The second-order valence-electron chi connectivity index (χ2n) is 3.29. The molecule has 1 aromatic heterocycles. The summed E-state index contributed by atoms with van der Waals surface area (Å²) in [5.41, 5.74) is 4.12. The quantitative estimate of drug-likeness (QED) is 0.438. The molecular weight excluding hydrogens is 181 g/mol. The van der Waals surface area contributed by atoms with Crippen molar-refractivity contribution in [1.29, 1.82) is 0 Å². The Bertz CT molecular complexity index is 332. The lowest BCUT2D eigenvalue weighted by Crippen LogP contribution is -2.27. The van der Waals surface area contributed by atoms with Gasteiger partial charge in [-0.3, -0.25) is 10.8 Å². The maximum atomic E-state index is 13.3. The van der Waals surface area contributed by atoms with E-state index in [9.17, 15) is 4.39 Å². The second-order valence-corrected chi connectivity index (χ2v) is 3.29. The van der Waals surface area contributed by atoms with E-state index in [-0.39, 0.29) is 11.9 Å². The number of allylic oxidation sites excluding steroid dienone is 1. The van der Waals surface area contributed by atoms with E-state index in [2.05, 4.69) is 10.4 Å². The Hall–Kier alpha value is -1.26. The number of hydrogen-bond donors (Lipinski definition) is 2. The van der Waals surface area contributed by atoms with Gasteiger partial charge in [0.2, 0.25) is 0 Å². The lowest BCUT2D eigenvalue weighted by atomic mass is 10.1. The van der Waals surface area contributed by atoms with Crippen molar-refractivity contribution < 1.29 is 4.39 Å². The standard InChI is InChI=1S/C10H14FN3/c1-7(2)5-10(14-12)8-3-4-13-6-9(8)11/h3-6,10,14H,12H2,1-2H3. The monoisotopic (exact) mass is 195 g/mol. The van der Waals surface area contributed by atoms with Crippen molar-refractivity contribution in [2.45, 2.75) is 19.9 Å². The Kier molecular flexibility index (Phi) is 3.73. The van der Waals surface area contributed by atoms with Crippen LogP contribution in [-0.4, -0.2) is 4.98 Å². The number of rotatable bonds is 3. The summed E-state index contributed by atoms with van der Waals surface area (Å²) in [5.74, 6) is 4.99. The molecule has 0 aromatic carbocycles. The van der Waals surface area contributed by atoms with Crippen molar-refractivity contribution in [2.24, 2.45) is 5.84 Å². The van der Waals surface area contributed by atoms with E-state index in [1.807, 2.05) is 19.9 Å². The molecule has 0 spiro atoms. The molecule has 4 heteroatoms. The van der Waals surface area contributed by atoms with Gasteiger partial charge in [0.25, 0.3) is 0 Å². The van der Waals surface area contributed by atoms with Crippen LogP contribution in [0, 0.1) is 5.82 Å². The largest absolute Gasteiger partial charge is 0.271 e. The smallest absolute Gasteiger partial charge is 0.146 e. The van der Waals surface area contributed by atoms with Gasteiger partial charge in [-0.1, -0.05) is 11.6 Å². The Morgan fingerprint density at radius 1 is 1.64 bits per heavy atom. The van der Waals surface area contributed by atoms with Gasteiger partial charge in [-0.05, 0) is 19.9 Å². The average Bonchev–Trinajstić information content (AvgIpc) is 2.15. The van der Waals surface area contributed by atoms with Crippen LogP contribution in [0.5, 0.6) is 0 Å². The highest BCUT2D eigenvalue weighted by molar-refractivity contribution is 5.23. The minimum absolute atomic E-state index is 0.303. The summed E-state index contributed by atoms with van der Waals surface area (Å²) in [7, 11) is 0. The summed E-state index contributed by atoms with van der Waals surface area (Å²) < 4.78 is 13.3. The zero-order valence-electron chi connectivity index (χ0n) is 8.29. The van der Waals surface area contributed by atoms with E-state index in [1.165, 1.54) is 6.20 Å². The highest BCUT2D eigenvalue weighted by atomic mass is 19.1. The molecule has 0 saturated heterocycles. The molecule has 0 aliphatic heterocycles. The molecule has 0 aliphatic carbocycles. The zero-order chi connectivity index (χ0) is 10.6. The van der Waals surface area contributed by atoms with Crippen LogP contribution in [0.4, 0.5) is 4.39 Å². The molecule has 1 atom stereocenters. The third-order valence-electron chi connectivity index (χ3n) is 1.82. The van der Waals surface area contributed by atoms with Gasteiger partial charge in [0.05, 0.1) is 12.2 Å². The maximum Gasteiger partial charge on any atom is 0.146 e. The van der Waals surface area contributed by atoms with Crippen LogP contribution in [0.1, 0.15) is 25.5 Å². The van der Waals surface area contributed by atoms with E-state index < -0.39 is 0 Å². The number of nitrogens with two attached hydrogens (primary N) is 1. The van der Waals surface area contributed by atoms with Crippen molar-refractivity contribution in [2.75, 3.05) is 0 Å². The number of hydrazine groups is 1. The molecule has 1 heterocycles. The summed E-state index contributed by atoms with van der Waals surface area (Å²) in [5, 5.41) is 0. The molecule has 0 amide bonds. The Labute approximate surface area is 82.8 Å². The van der Waals surface area contributed by atoms with Gasteiger partial charge in [-0.25, -0.2) is 9.82 Å². The van der Waals surface area contributed by atoms with Gasteiger partial charge in [0.15, 0.2) is 0 Å².